The first-order valence-corrected chi connectivity index (χ1v) is 12.0. The molecule has 0 saturated carbocycles. The maximum absolute atomic E-state index is 12.9. The van der Waals surface area contributed by atoms with E-state index in [1.165, 1.54) is 11.0 Å². The van der Waals surface area contributed by atoms with Gasteiger partial charge in [0.15, 0.2) is 0 Å². The van der Waals surface area contributed by atoms with Crippen LogP contribution in [0.25, 0.3) is 23.0 Å². The van der Waals surface area contributed by atoms with Gasteiger partial charge in [0.05, 0.1) is 11.6 Å². The molecule has 1 amide bonds. The van der Waals surface area contributed by atoms with E-state index in [1.54, 1.807) is 42.7 Å². The van der Waals surface area contributed by atoms with Crippen molar-refractivity contribution in [3.63, 3.8) is 0 Å². The van der Waals surface area contributed by atoms with Crippen LogP contribution in [0, 0.1) is 0 Å². The Morgan fingerprint density at radius 1 is 1.11 bits per heavy atom. The minimum Gasteiger partial charge on any atom is -0.366 e. The Bertz CT molecular complexity index is 1550. The highest BCUT2D eigenvalue weighted by molar-refractivity contribution is 6.32. The van der Waals surface area contributed by atoms with Crippen molar-refractivity contribution in [3.8, 4) is 16.9 Å². The van der Waals surface area contributed by atoms with Crippen molar-refractivity contribution >= 4 is 35.2 Å². The molecule has 0 aliphatic carbocycles. The Labute approximate surface area is 222 Å². The molecule has 0 aliphatic rings. The van der Waals surface area contributed by atoms with Crippen molar-refractivity contribution in [1.82, 2.24) is 35.2 Å². The summed E-state index contributed by atoms with van der Waals surface area (Å²) in [6.07, 6.45) is 6.93. The van der Waals surface area contributed by atoms with Gasteiger partial charge in [-0.05, 0) is 58.8 Å². The molecule has 0 unspecified atom stereocenters. The number of halogens is 2. The Hall–Kier alpha value is -4.34. The lowest BCUT2D eigenvalue weighted by Crippen LogP contribution is -2.22. The van der Waals surface area contributed by atoms with Crippen LogP contribution >= 0.6 is 23.2 Å². The van der Waals surface area contributed by atoms with Gasteiger partial charge in [-0.1, -0.05) is 53.5 Å². The van der Waals surface area contributed by atoms with Crippen LogP contribution in [-0.4, -0.2) is 41.1 Å². The first-order valence-electron chi connectivity index (χ1n) is 11.2. The van der Waals surface area contributed by atoms with Crippen molar-refractivity contribution in [2.24, 2.45) is 5.73 Å². The fraction of sp³-hybridized carbons (Fsp3) is 0.0769. The summed E-state index contributed by atoms with van der Waals surface area (Å²) in [5.41, 5.74) is 9.77. The minimum atomic E-state index is -0.612. The maximum atomic E-state index is 12.9. The van der Waals surface area contributed by atoms with Gasteiger partial charge in [0, 0.05) is 34.1 Å². The number of hydrogen-bond donors (Lipinski definition) is 2. The van der Waals surface area contributed by atoms with Crippen molar-refractivity contribution in [2.45, 2.75) is 12.3 Å². The monoisotopic (exact) mass is 530 g/mol. The predicted octanol–water partition coefficient (Wildman–Crippen LogP) is 4.65. The van der Waals surface area contributed by atoms with Crippen molar-refractivity contribution in [1.29, 1.82) is 0 Å². The number of aromatic nitrogens is 7. The van der Waals surface area contributed by atoms with E-state index in [2.05, 4.69) is 25.5 Å². The van der Waals surface area contributed by atoms with Gasteiger partial charge in [0.25, 0.3) is 0 Å². The van der Waals surface area contributed by atoms with Crippen LogP contribution in [0.5, 0.6) is 0 Å². The van der Waals surface area contributed by atoms with Crippen molar-refractivity contribution in [2.75, 3.05) is 0 Å². The zero-order chi connectivity index (χ0) is 25.8. The maximum Gasteiger partial charge on any atom is 0.245 e. The van der Waals surface area contributed by atoms with Crippen LogP contribution in [0.3, 0.4) is 0 Å². The van der Waals surface area contributed by atoms with E-state index in [-0.39, 0.29) is 0 Å². The second-order valence-electron chi connectivity index (χ2n) is 8.19. The first kappa shape index (κ1) is 24.4. The summed E-state index contributed by atoms with van der Waals surface area (Å²) in [5.74, 6) is -0.675. The molecule has 0 spiro atoms. The quantitative estimate of drug-likeness (QED) is 0.281. The molecule has 37 heavy (non-hydrogen) atoms. The van der Waals surface area contributed by atoms with Crippen LogP contribution in [0.4, 0.5) is 0 Å². The fourth-order valence-electron chi connectivity index (χ4n) is 4.06. The Morgan fingerprint density at radius 3 is 2.65 bits per heavy atom. The molecule has 2 aromatic carbocycles. The zero-order valence-corrected chi connectivity index (χ0v) is 20.8. The summed E-state index contributed by atoms with van der Waals surface area (Å²) < 4.78 is 1.48. The molecular weight excluding hydrogens is 511 g/mol. The molecule has 3 aromatic heterocycles. The summed E-state index contributed by atoms with van der Waals surface area (Å²) in [7, 11) is 0. The lowest BCUT2D eigenvalue weighted by atomic mass is 9.89. The largest absolute Gasteiger partial charge is 0.366 e. The average molecular weight is 531 g/mol. The highest BCUT2D eigenvalue weighted by atomic mass is 35.5. The zero-order valence-electron chi connectivity index (χ0n) is 19.3. The van der Waals surface area contributed by atoms with Crippen LogP contribution in [0.1, 0.15) is 22.9 Å². The van der Waals surface area contributed by atoms with E-state index in [9.17, 15) is 4.79 Å². The standard InChI is InChI=1S/C26H20Cl2N8O/c27-19-8-9-22(36-15-31-34-35-36)18(12-19)13-20(25(29)37)21(11-16-5-2-1-3-6-16)26-32-23(24(28)33-26)17-7-4-10-30-14-17/h1-10,12-15,21H,11H2,(H2,29,37)(H,32,33)/t21-/m0/s1. The summed E-state index contributed by atoms with van der Waals surface area (Å²) >= 11 is 12.9. The molecule has 3 N–H and O–H groups in total. The number of nitrogens with one attached hydrogen (secondary N) is 1. The number of primary amides is 1. The first-order chi connectivity index (χ1) is 18.0. The van der Waals surface area contributed by atoms with Gasteiger partial charge in [-0.3, -0.25) is 9.78 Å². The van der Waals surface area contributed by atoms with Crippen molar-refractivity contribution in [3.05, 3.63) is 112 Å². The number of H-pyrrole nitrogens is 1. The molecule has 5 rings (SSSR count). The van der Waals surface area contributed by atoms with Gasteiger partial charge in [-0.2, -0.15) is 4.68 Å². The summed E-state index contributed by atoms with van der Waals surface area (Å²) in [6.45, 7) is 0. The van der Waals surface area contributed by atoms with Gasteiger partial charge in [0.2, 0.25) is 5.91 Å². The number of hydrogen-bond acceptors (Lipinski definition) is 6. The number of carbonyl (C=O) groups is 1. The van der Waals surface area contributed by atoms with E-state index in [4.69, 9.17) is 33.9 Å². The van der Waals surface area contributed by atoms with Crippen LogP contribution in [0.2, 0.25) is 10.2 Å². The molecule has 0 radical (unpaired) electrons. The summed E-state index contributed by atoms with van der Waals surface area (Å²) in [6, 6.07) is 18.6. The van der Waals surface area contributed by atoms with E-state index in [0.29, 0.717) is 44.9 Å². The molecular formula is C26H20Cl2N8O. The van der Waals surface area contributed by atoms with E-state index in [1.807, 2.05) is 36.4 Å². The summed E-state index contributed by atoms with van der Waals surface area (Å²) in [5, 5.41) is 12.2. The van der Waals surface area contributed by atoms with Crippen LogP contribution < -0.4 is 5.73 Å². The number of rotatable bonds is 8. The van der Waals surface area contributed by atoms with Gasteiger partial charge in [-0.25, -0.2) is 4.98 Å². The average Bonchev–Trinajstić information content (AvgIpc) is 3.57. The topological polar surface area (TPSA) is 128 Å². The highest BCUT2D eigenvalue weighted by Crippen LogP contribution is 2.34. The number of pyridine rings is 1. The summed E-state index contributed by atoms with van der Waals surface area (Å²) in [4.78, 5) is 25.0. The second-order valence-corrected chi connectivity index (χ2v) is 9.00. The molecule has 11 heteroatoms. The third-order valence-corrected chi connectivity index (χ3v) is 6.29. The smallest absolute Gasteiger partial charge is 0.245 e. The molecule has 0 saturated heterocycles. The molecule has 1 atom stereocenters. The Morgan fingerprint density at radius 2 is 1.95 bits per heavy atom. The van der Waals surface area contributed by atoms with Crippen molar-refractivity contribution < 1.29 is 4.79 Å². The molecule has 5 aromatic rings. The predicted molar refractivity (Wildman–Crippen MR) is 141 cm³/mol. The van der Waals surface area contributed by atoms with E-state index >= 15 is 0 Å². The van der Waals surface area contributed by atoms with Gasteiger partial charge < -0.3 is 10.7 Å². The normalized spacial score (nSPS) is 12.4. The molecule has 184 valence electrons. The molecule has 3 heterocycles. The number of tetrazole rings is 1. The number of benzene rings is 2. The SMILES string of the molecule is NC(=O)C(=Cc1cc(Cl)ccc1-n1cnnn1)[C@H](Cc1ccccc1)c1nc(-c2cccnc2)c(Cl)[nH]1. The molecule has 0 bridgehead atoms. The number of carbonyl (C=O) groups excluding carboxylic acids is 1. The minimum absolute atomic E-state index is 0.309. The Balaban J connectivity index is 1.66. The van der Waals surface area contributed by atoms with Crippen LogP contribution in [0.15, 0.2) is 85.0 Å². The highest BCUT2D eigenvalue weighted by Gasteiger charge is 2.27. The fourth-order valence-corrected chi connectivity index (χ4v) is 4.49. The third kappa shape index (κ3) is 5.42. The number of nitrogens with two attached hydrogens (primary N) is 1. The van der Waals surface area contributed by atoms with Gasteiger partial charge in [0.1, 0.15) is 23.0 Å². The lowest BCUT2D eigenvalue weighted by molar-refractivity contribution is -0.114. The number of imidazole rings is 1. The second kappa shape index (κ2) is 10.7. The third-order valence-electron chi connectivity index (χ3n) is 5.78. The molecule has 0 fully saturated rings. The number of nitrogens with zero attached hydrogens (tertiary/aromatic N) is 6. The van der Waals surface area contributed by atoms with Gasteiger partial charge in [-0.15, -0.1) is 5.10 Å². The molecule has 9 nitrogen and oxygen atoms in total. The van der Waals surface area contributed by atoms with E-state index in [0.717, 1.165) is 11.1 Å². The van der Waals surface area contributed by atoms with Crippen LogP contribution in [-0.2, 0) is 11.2 Å². The number of aromatic amines is 1. The lowest BCUT2D eigenvalue weighted by Gasteiger charge is -2.18. The Kier molecular flexibility index (Phi) is 7.07. The number of amides is 1. The van der Waals surface area contributed by atoms with E-state index < -0.39 is 11.8 Å². The molecule has 0 aliphatic heterocycles. The van der Waals surface area contributed by atoms with Gasteiger partial charge >= 0.3 is 0 Å².